The highest BCUT2D eigenvalue weighted by molar-refractivity contribution is 5.93. The van der Waals surface area contributed by atoms with Crippen LogP contribution in [0.25, 0.3) is 11.1 Å². The number of nitrogens with two attached hydrogens (primary N) is 2. The topological polar surface area (TPSA) is 215 Å². The van der Waals surface area contributed by atoms with Gasteiger partial charge in [0, 0.05) is 52.1 Å². The van der Waals surface area contributed by atoms with Gasteiger partial charge in [-0.3, -0.25) is 19.3 Å². The SMILES string of the molecule is NCCC[C@@H]1NC(=O)[C@H](N)Cc2cc(ccc2O)-c2ccc(O)c(c2)C[C@@H](C(=O)NCC(O)CN2CCNCC2)NC1=O. The van der Waals surface area contributed by atoms with Gasteiger partial charge in [0.1, 0.15) is 23.6 Å². The number of benzene rings is 2. The van der Waals surface area contributed by atoms with Crippen LogP contribution in [0.3, 0.4) is 0 Å². The fraction of sp³-hybridized carbons (Fsp3) is 0.500. The van der Waals surface area contributed by atoms with Crippen molar-refractivity contribution in [1.82, 2.24) is 26.2 Å². The Morgan fingerprint density at radius 1 is 0.977 bits per heavy atom. The number of aliphatic hydroxyl groups is 1. The summed E-state index contributed by atoms with van der Waals surface area (Å²) in [7, 11) is 0. The molecule has 0 radical (unpaired) electrons. The van der Waals surface area contributed by atoms with Crippen molar-refractivity contribution in [1.29, 1.82) is 0 Å². The largest absolute Gasteiger partial charge is 0.508 e. The van der Waals surface area contributed by atoms with E-state index in [2.05, 4.69) is 26.2 Å². The predicted molar refractivity (Wildman–Crippen MR) is 161 cm³/mol. The van der Waals surface area contributed by atoms with E-state index in [-0.39, 0.29) is 43.9 Å². The zero-order chi connectivity index (χ0) is 30.9. The Bertz CT molecular complexity index is 1290. The number of rotatable bonds is 8. The van der Waals surface area contributed by atoms with Crippen LogP contribution in [-0.4, -0.2) is 108 Å². The molecule has 1 unspecified atom stereocenters. The van der Waals surface area contributed by atoms with Crippen molar-refractivity contribution in [2.75, 3.05) is 45.8 Å². The highest BCUT2D eigenvalue weighted by Gasteiger charge is 2.30. The maximum absolute atomic E-state index is 13.5. The minimum Gasteiger partial charge on any atom is -0.508 e. The number of phenols is 2. The van der Waals surface area contributed by atoms with Crippen molar-refractivity contribution >= 4 is 17.7 Å². The number of aromatic hydroxyl groups is 2. The Balaban J connectivity index is 1.63. The van der Waals surface area contributed by atoms with Crippen LogP contribution in [-0.2, 0) is 27.2 Å². The third-order valence-electron chi connectivity index (χ3n) is 7.85. The summed E-state index contributed by atoms with van der Waals surface area (Å²) in [6.45, 7) is 3.89. The van der Waals surface area contributed by atoms with Gasteiger partial charge in [-0.1, -0.05) is 12.1 Å². The number of fused-ring (bicyclic) bond motifs is 5. The minimum atomic E-state index is -1.13. The maximum atomic E-state index is 13.5. The number of amides is 3. The Labute approximate surface area is 251 Å². The summed E-state index contributed by atoms with van der Waals surface area (Å²) in [6.07, 6.45) is -0.233. The Kier molecular flexibility index (Phi) is 11.3. The van der Waals surface area contributed by atoms with Crippen molar-refractivity contribution in [3.63, 3.8) is 0 Å². The molecule has 0 aliphatic carbocycles. The van der Waals surface area contributed by atoms with E-state index in [0.29, 0.717) is 35.2 Å². The first kappa shape index (κ1) is 32.2. The second-order valence-corrected chi connectivity index (χ2v) is 11.2. The molecule has 0 saturated carbocycles. The van der Waals surface area contributed by atoms with Crippen LogP contribution in [0.1, 0.15) is 24.0 Å². The molecular formula is C30H43N7O6. The number of hydrogen-bond acceptors (Lipinski definition) is 10. The van der Waals surface area contributed by atoms with Gasteiger partial charge in [0.25, 0.3) is 0 Å². The number of β-amino-alcohol motifs (C(OH)–C–C–N with tert-alkyl or cyclic N) is 1. The average Bonchev–Trinajstić information content (AvgIpc) is 2.99. The van der Waals surface area contributed by atoms with Crippen molar-refractivity contribution in [3.8, 4) is 22.6 Å². The third kappa shape index (κ3) is 8.88. The number of phenolic OH excluding ortho intramolecular Hbond substituents is 2. The highest BCUT2D eigenvalue weighted by Crippen LogP contribution is 2.30. The lowest BCUT2D eigenvalue weighted by molar-refractivity contribution is -0.132. The number of aliphatic hydroxyl groups excluding tert-OH is 1. The first-order valence-corrected chi connectivity index (χ1v) is 14.7. The van der Waals surface area contributed by atoms with Crippen LogP contribution in [0.2, 0.25) is 0 Å². The molecule has 13 heteroatoms. The maximum Gasteiger partial charge on any atom is 0.243 e. The second kappa shape index (κ2) is 15.1. The number of hydrogen-bond donors (Lipinski definition) is 9. The summed E-state index contributed by atoms with van der Waals surface area (Å²) in [5.74, 6) is -1.83. The van der Waals surface area contributed by atoms with Gasteiger partial charge >= 0.3 is 0 Å². The van der Waals surface area contributed by atoms with E-state index in [0.717, 1.165) is 26.2 Å². The van der Waals surface area contributed by atoms with Gasteiger partial charge in [0.2, 0.25) is 17.7 Å². The number of nitrogens with one attached hydrogen (secondary N) is 4. The van der Waals surface area contributed by atoms with E-state index in [4.69, 9.17) is 11.5 Å². The Hall–Kier alpha value is -3.75. The molecule has 11 N–H and O–H groups in total. The van der Waals surface area contributed by atoms with E-state index in [1.54, 1.807) is 24.3 Å². The van der Waals surface area contributed by atoms with Gasteiger partial charge < -0.3 is 48.1 Å². The zero-order valence-electron chi connectivity index (χ0n) is 24.2. The van der Waals surface area contributed by atoms with E-state index in [1.165, 1.54) is 12.1 Å². The van der Waals surface area contributed by atoms with Crippen LogP contribution >= 0.6 is 0 Å². The quantitative estimate of drug-likeness (QED) is 0.168. The molecule has 0 aromatic heterocycles. The summed E-state index contributed by atoms with van der Waals surface area (Å²) in [4.78, 5) is 42.1. The Morgan fingerprint density at radius 3 is 2.23 bits per heavy atom. The standard InChI is InChI=1S/C30H43N7O6/c31-7-1-2-24-30(43)36-25(29(42)34-16-22(38)17-37-10-8-33-9-11-37)15-21-13-19(4-6-27(21)40)18-3-5-26(39)20(12-18)14-23(32)28(41)35-24/h3-6,12-13,22-25,33,38-40H,1-2,7-11,14-17,31-32H2,(H,34,42)(H,35,41)(H,36,43)/t22?,23-,24+,25+/m1/s1. The number of nitrogens with zero attached hydrogens (tertiary/aromatic N) is 1. The smallest absolute Gasteiger partial charge is 0.243 e. The molecular weight excluding hydrogens is 554 g/mol. The van der Waals surface area contributed by atoms with Crippen molar-refractivity contribution in [3.05, 3.63) is 47.5 Å². The van der Waals surface area contributed by atoms with Crippen LogP contribution in [0, 0.1) is 0 Å². The summed E-state index contributed by atoms with van der Waals surface area (Å²) in [6, 6.07) is 6.62. The number of piperazine rings is 1. The van der Waals surface area contributed by atoms with Gasteiger partial charge in [-0.2, -0.15) is 0 Å². The van der Waals surface area contributed by atoms with Gasteiger partial charge in [-0.05, 0) is 65.9 Å². The summed E-state index contributed by atoms with van der Waals surface area (Å²) >= 11 is 0. The Morgan fingerprint density at radius 2 is 1.60 bits per heavy atom. The lowest BCUT2D eigenvalue weighted by Gasteiger charge is -2.29. The first-order chi connectivity index (χ1) is 20.6. The van der Waals surface area contributed by atoms with Crippen molar-refractivity contribution in [2.24, 2.45) is 11.5 Å². The van der Waals surface area contributed by atoms with E-state index < -0.39 is 42.0 Å². The van der Waals surface area contributed by atoms with Gasteiger partial charge in [-0.25, -0.2) is 0 Å². The number of carbonyl (C=O) groups excluding carboxylic acids is 3. The molecule has 2 aliphatic heterocycles. The van der Waals surface area contributed by atoms with Crippen LogP contribution in [0.4, 0.5) is 0 Å². The second-order valence-electron chi connectivity index (χ2n) is 11.2. The monoisotopic (exact) mass is 597 g/mol. The van der Waals surface area contributed by atoms with E-state index in [1.807, 2.05) is 0 Å². The molecule has 13 nitrogen and oxygen atoms in total. The lowest BCUT2D eigenvalue weighted by Crippen LogP contribution is -2.57. The van der Waals surface area contributed by atoms with Gasteiger partial charge in [-0.15, -0.1) is 0 Å². The number of carbonyl (C=O) groups is 3. The molecule has 0 spiro atoms. The van der Waals surface area contributed by atoms with Crippen LogP contribution < -0.4 is 32.7 Å². The molecule has 1 saturated heterocycles. The molecule has 4 rings (SSSR count). The van der Waals surface area contributed by atoms with E-state index in [9.17, 15) is 29.7 Å². The molecule has 2 aromatic rings. The molecule has 2 heterocycles. The fourth-order valence-corrected chi connectivity index (χ4v) is 5.36. The van der Waals surface area contributed by atoms with Crippen LogP contribution in [0.5, 0.6) is 11.5 Å². The average molecular weight is 598 g/mol. The summed E-state index contributed by atoms with van der Waals surface area (Å²) in [5, 5.41) is 43.2. The van der Waals surface area contributed by atoms with Gasteiger partial charge in [0.15, 0.2) is 0 Å². The molecule has 1 fully saturated rings. The first-order valence-electron chi connectivity index (χ1n) is 14.7. The highest BCUT2D eigenvalue weighted by atomic mass is 16.3. The predicted octanol–water partition coefficient (Wildman–Crippen LogP) is -1.72. The normalized spacial score (nSPS) is 22.4. The summed E-state index contributed by atoms with van der Waals surface area (Å²) in [5.41, 5.74) is 14.1. The zero-order valence-corrected chi connectivity index (χ0v) is 24.2. The third-order valence-corrected chi connectivity index (χ3v) is 7.85. The van der Waals surface area contributed by atoms with Crippen molar-refractivity contribution in [2.45, 2.75) is 49.9 Å². The molecule has 3 amide bonds. The molecule has 43 heavy (non-hydrogen) atoms. The lowest BCUT2D eigenvalue weighted by atomic mass is 9.95. The molecule has 2 aromatic carbocycles. The van der Waals surface area contributed by atoms with Crippen LogP contribution in [0.15, 0.2) is 36.4 Å². The molecule has 4 atom stereocenters. The van der Waals surface area contributed by atoms with E-state index >= 15 is 0 Å². The van der Waals surface area contributed by atoms with Crippen molar-refractivity contribution < 1.29 is 29.7 Å². The molecule has 2 aliphatic rings. The summed E-state index contributed by atoms with van der Waals surface area (Å²) < 4.78 is 0. The molecule has 234 valence electrons. The fourth-order valence-electron chi connectivity index (χ4n) is 5.36. The minimum absolute atomic E-state index is 0.0168. The van der Waals surface area contributed by atoms with Gasteiger partial charge in [0.05, 0.1) is 12.1 Å². The molecule has 4 bridgehead atoms.